The van der Waals surface area contributed by atoms with Crippen LogP contribution in [-0.4, -0.2) is 22.8 Å². The van der Waals surface area contributed by atoms with Gasteiger partial charge in [-0.3, -0.25) is 4.79 Å². The lowest BCUT2D eigenvalue weighted by Gasteiger charge is -2.13. The molecule has 0 aromatic rings. The normalized spacial score (nSPS) is 16.7. The quantitative estimate of drug-likeness (QED) is 0.397. The van der Waals surface area contributed by atoms with Crippen LogP contribution in [0.5, 0.6) is 0 Å². The number of esters is 1. The first kappa shape index (κ1) is 12.3. The highest BCUT2D eigenvalue weighted by Crippen LogP contribution is 2.30. The molecule has 84 valence electrons. The Bertz CT molecular complexity index is 267. The lowest BCUT2D eigenvalue weighted by Crippen LogP contribution is -2.16. The molecular formula is C11H16O3S. The molecule has 0 radical (unpaired) electrons. The van der Waals surface area contributed by atoms with Gasteiger partial charge in [-0.1, -0.05) is 0 Å². The second-order valence-corrected chi connectivity index (χ2v) is 5.79. The molecule has 0 heterocycles. The van der Waals surface area contributed by atoms with Gasteiger partial charge in [0.25, 0.3) is 0 Å². The van der Waals surface area contributed by atoms with Gasteiger partial charge >= 0.3 is 5.97 Å². The second kappa shape index (κ2) is 5.35. The average molecular weight is 228 g/mol. The van der Waals surface area contributed by atoms with E-state index in [1.54, 1.807) is 6.08 Å². The van der Waals surface area contributed by atoms with Gasteiger partial charge in [-0.2, -0.15) is 0 Å². The van der Waals surface area contributed by atoms with Crippen molar-refractivity contribution in [2.75, 3.05) is 5.75 Å². The summed E-state index contributed by atoms with van der Waals surface area (Å²) in [7, 11) is 0. The summed E-state index contributed by atoms with van der Waals surface area (Å²) >= 11 is 1.51. The van der Waals surface area contributed by atoms with Gasteiger partial charge in [-0.05, 0) is 32.8 Å². The van der Waals surface area contributed by atoms with Crippen molar-refractivity contribution in [3.05, 3.63) is 12.3 Å². The first-order chi connectivity index (χ1) is 7.05. The molecule has 0 spiro atoms. The van der Waals surface area contributed by atoms with Crippen molar-refractivity contribution in [3.63, 3.8) is 0 Å². The van der Waals surface area contributed by atoms with Crippen LogP contribution in [0.25, 0.3) is 0 Å². The molecule has 0 saturated heterocycles. The Morgan fingerprint density at radius 1 is 1.53 bits per heavy atom. The summed E-state index contributed by atoms with van der Waals surface area (Å²) < 4.78 is 4.52. The van der Waals surface area contributed by atoms with Gasteiger partial charge in [0, 0.05) is 5.75 Å². The van der Waals surface area contributed by atoms with Crippen molar-refractivity contribution < 1.29 is 14.3 Å². The van der Waals surface area contributed by atoms with E-state index in [1.165, 1.54) is 18.0 Å². The monoisotopic (exact) mass is 228 g/mol. The molecule has 1 rings (SSSR count). The topological polar surface area (TPSA) is 43.4 Å². The number of rotatable bonds is 6. The largest absolute Gasteiger partial charge is 0.435 e. The van der Waals surface area contributed by atoms with Gasteiger partial charge in [0.1, 0.15) is 6.29 Å². The lowest BCUT2D eigenvalue weighted by molar-refractivity contribution is -0.139. The van der Waals surface area contributed by atoms with Gasteiger partial charge in [0.2, 0.25) is 0 Å². The van der Waals surface area contributed by atoms with E-state index in [-0.39, 0.29) is 16.6 Å². The summed E-state index contributed by atoms with van der Waals surface area (Å²) in [5.74, 6) is 0.670. The fourth-order valence-corrected chi connectivity index (χ4v) is 1.54. The third kappa shape index (κ3) is 5.02. The van der Waals surface area contributed by atoms with Crippen LogP contribution in [0.3, 0.4) is 0 Å². The Balaban J connectivity index is 2.11. The Labute approximate surface area is 94.3 Å². The minimum absolute atomic E-state index is 0.133. The van der Waals surface area contributed by atoms with E-state index in [1.807, 2.05) is 13.8 Å². The molecule has 0 aromatic heterocycles. The van der Waals surface area contributed by atoms with E-state index in [0.29, 0.717) is 5.75 Å². The first-order valence-corrected chi connectivity index (χ1v) is 5.99. The number of hydrogen-bond acceptors (Lipinski definition) is 4. The maximum Gasteiger partial charge on any atom is 0.313 e. The first-order valence-electron chi connectivity index (χ1n) is 5.01. The van der Waals surface area contributed by atoms with Crippen LogP contribution in [0.4, 0.5) is 0 Å². The maximum atomic E-state index is 11.1. The van der Waals surface area contributed by atoms with Crippen LogP contribution >= 0.6 is 11.8 Å². The molecule has 1 aliphatic rings. The number of aldehydes is 1. The van der Waals surface area contributed by atoms with Gasteiger partial charge < -0.3 is 9.53 Å². The van der Waals surface area contributed by atoms with E-state index in [4.69, 9.17) is 4.74 Å². The SMILES string of the molecule is CC(C)(C=O)SC/C=C/OC(=O)C1CC1. The molecule has 0 aromatic carbocycles. The van der Waals surface area contributed by atoms with Crippen LogP contribution in [0, 0.1) is 5.92 Å². The lowest BCUT2D eigenvalue weighted by atomic mass is 10.2. The fraction of sp³-hybridized carbons (Fsp3) is 0.636. The van der Waals surface area contributed by atoms with Crippen molar-refractivity contribution in [1.29, 1.82) is 0 Å². The number of carbonyl (C=O) groups is 2. The highest BCUT2D eigenvalue weighted by atomic mass is 32.2. The smallest absolute Gasteiger partial charge is 0.313 e. The number of carbonyl (C=O) groups excluding carboxylic acids is 2. The highest BCUT2D eigenvalue weighted by Gasteiger charge is 2.30. The molecule has 1 aliphatic carbocycles. The number of hydrogen-bond donors (Lipinski definition) is 0. The zero-order valence-electron chi connectivity index (χ0n) is 9.06. The Morgan fingerprint density at radius 3 is 2.73 bits per heavy atom. The molecule has 1 saturated carbocycles. The van der Waals surface area contributed by atoms with E-state index in [9.17, 15) is 9.59 Å². The molecule has 15 heavy (non-hydrogen) atoms. The van der Waals surface area contributed by atoms with Crippen molar-refractivity contribution >= 4 is 24.0 Å². The minimum atomic E-state index is -0.370. The van der Waals surface area contributed by atoms with E-state index in [0.717, 1.165) is 19.1 Å². The molecule has 0 N–H and O–H groups in total. The summed E-state index contributed by atoms with van der Waals surface area (Å²) in [6, 6.07) is 0. The Hall–Kier alpha value is -0.770. The van der Waals surface area contributed by atoms with E-state index < -0.39 is 0 Å². The summed E-state index contributed by atoms with van der Waals surface area (Å²) in [5.41, 5.74) is 0. The van der Waals surface area contributed by atoms with Crippen LogP contribution in [0.1, 0.15) is 26.7 Å². The molecule has 0 unspecified atom stereocenters. The van der Waals surface area contributed by atoms with Crippen molar-refractivity contribution in [3.8, 4) is 0 Å². The van der Waals surface area contributed by atoms with Gasteiger partial charge in [-0.15, -0.1) is 11.8 Å². The maximum absolute atomic E-state index is 11.1. The van der Waals surface area contributed by atoms with Gasteiger partial charge in [-0.25, -0.2) is 0 Å². The number of thioether (sulfide) groups is 1. The zero-order chi connectivity index (χ0) is 11.3. The summed E-state index contributed by atoms with van der Waals surface area (Å²) in [6.45, 7) is 3.71. The number of ether oxygens (including phenoxy) is 1. The molecule has 1 fully saturated rings. The van der Waals surface area contributed by atoms with Crippen LogP contribution in [0.2, 0.25) is 0 Å². The highest BCUT2D eigenvalue weighted by molar-refractivity contribution is 8.01. The van der Waals surface area contributed by atoms with E-state index >= 15 is 0 Å². The molecule has 0 atom stereocenters. The van der Waals surface area contributed by atoms with Crippen molar-refractivity contribution in [2.45, 2.75) is 31.4 Å². The predicted octanol–water partition coefficient (Wildman–Crippen LogP) is 2.16. The average Bonchev–Trinajstić information content (AvgIpc) is 3.00. The van der Waals surface area contributed by atoms with E-state index in [2.05, 4.69) is 0 Å². The summed E-state index contributed by atoms with van der Waals surface area (Å²) in [4.78, 5) is 21.7. The summed E-state index contributed by atoms with van der Waals surface area (Å²) in [6.07, 6.45) is 6.02. The predicted molar refractivity (Wildman–Crippen MR) is 60.6 cm³/mol. The zero-order valence-corrected chi connectivity index (χ0v) is 9.88. The minimum Gasteiger partial charge on any atom is -0.435 e. The van der Waals surface area contributed by atoms with Crippen molar-refractivity contribution in [2.24, 2.45) is 5.92 Å². The van der Waals surface area contributed by atoms with Crippen LogP contribution < -0.4 is 0 Å². The fourth-order valence-electron chi connectivity index (χ4n) is 0.867. The van der Waals surface area contributed by atoms with Crippen molar-refractivity contribution in [1.82, 2.24) is 0 Å². The third-order valence-corrected chi connectivity index (χ3v) is 3.23. The molecule has 0 bridgehead atoms. The standard InChI is InChI=1S/C11H16O3S/c1-11(2,8-12)15-7-3-6-14-10(13)9-4-5-9/h3,6,8-9H,4-5,7H2,1-2H3/b6-3+. The molecule has 4 heteroatoms. The van der Waals surface area contributed by atoms with Gasteiger partial charge in [0.05, 0.1) is 16.9 Å². The molecular weight excluding hydrogens is 212 g/mol. The Morgan fingerprint density at radius 2 is 2.20 bits per heavy atom. The molecule has 0 amide bonds. The van der Waals surface area contributed by atoms with Gasteiger partial charge in [0.15, 0.2) is 0 Å². The third-order valence-electron chi connectivity index (χ3n) is 2.03. The second-order valence-electron chi connectivity index (χ2n) is 4.12. The van der Waals surface area contributed by atoms with Crippen LogP contribution in [0.15, 0.2) is 12.3 Å². The molecule has 0 aliphatic heterocycles. The molecule has 3 nitrogen and oxygen atoms in total. The Kier molecular flexibility index (Phi) is 4.39. The summed E-state index contributed by atoms with van der Waals surface area (Å²) in [5, 5.41) is 0. The van der Waals surface area contributed by atoms with Crippen LogP contribution in [-0.2, 0) is 14.3 Å².